The summed E-state index contributed by atoms with van der Waals surface area (Å²) in [6.07, 6.45) is 1.59. The summed E-state index contributed by atoms with van der Waals surface area (Å²) in [4.78, 5) is 12.7. The molecule has 1 atom stereocenters. The van der Waals surface area contributed by atoms with Crippen LogP contribution >= 0.6 is 11.8 Å². The van der Waals surface area contributed by atoms with E-state index in [1.54, 1.807) is 12.3 Å². The summed E-state index contributed by atoms with van der Waals surface area (Å²) >= 11 is 1.32. The van der Waals surface area contributed by atoms with Gasteiger partial charge in [-0.3, -0.25) is 9.36 Å². The van der Waals surface area contributed by atoms with Crippen molar-refractivity contribution >= 4 is 17.5 Å². The van der Waals surface area contributed by atoms with Gasteiger partial charge in [-0.1, -0.05) is 42.1 Å². The average molecular weight is 407 g/mol. The van der Waals surface area contributed by atoms with Gasteiger partial charge in [-0.2, -0.15) is 0 Å². The SMILES string of the molecule is CC(Sc1nnc(-c2ccco2)n1Cc1ccccc1)C(=O)c1ccc(F)cc1. The summed E-state index contributed by atoms with van der Waals surface area (Å²) in [5.41, 5.74) is 1.55. The van der Waals surface area contributed by atoms with Crippen LogP contribution in [0.15, 0.2) is 82.6 Å². The number of rotatable bonds is 7. The number of benzene rings is 2. The van der Waals surface area contributed by atoms with Gasteiger partial charge in [-0.15, -0.1) is 10.2 Å². The van der Waals surface area contributed by atoms with Crippen LogP contribution in [0, 0.1) is 5.82 Å². The fraction of sp³-hybridized carbons (Fsp3) is 0.136. The molecule has 0 N–H and O–H groups in total. The first-order chi connectivity index (χ1) is 14.1. The van der Waals surface area contributed by atoms with Crippen LogP contribution in [0.5, 0.6) is 0 Å². The van der Waals surface area contributed by atoms with Crippen molar-refractivity contribution < 1.29 is 13.6 Å². The fourth-order valence-corrected chi connectivity index (χ4v) is 3.86. The molecular formula is C22H18FN3O2S. The first-order valence-electron chi connectivity index (χ1n) is 9.09. The van der Waals surface area contributed by atoms with Crippen LogP contribution in [-0.2, 0) is 6.54 Å². The zero-order valence-corrected chi connectivity index (χ0v) is 16.5. The molecule has 0 fully saturated rings. The van der Waals surface area contributed by atoms with Crippen molar-refractivity contribution in [2.24, 2.45) is 0 Å². The number of nitrogens with zero attached hydrogens (tertiary/aromatic N) is 3. The van der Waals surface area contributed by atoms with E-state index in [0.717, 1.165) is 5.56 Å². The summed E-state index contributed by atoms with van der Waals surface area (Å²) in [5.74, 6) is 0.747. The molecule has 7 heteroatoms. The summed E-state index contributed by atoms with van der Waals surface area (Å²) in [5, 5.41) is 8.79. The van der Waals surface area contributed by atoms with Gasteiger partial charge in [0.15, 0.2) is 16.7 Å². The van der Waals surface area contributed by atoms with Gasteiger partial charge in [0, 0.05) is 5.56 Å². The number of carbonyl (C=O) groups is 1. The lowest BCUT2D eigenvalue weighted by Crippen LogP contribution is -2.15. The maximum Gasteiger partial charge on any atom is 0.200 e. The monoisotopic (exact) mass is 407 g/mol. The summed E-state index contributed by atoms with van der Waals surface area (Å²) in [6, 6.07) is 19.1. The minimum absolute atomic E-state index is 0.0937. The second kappa shape index (κ2) is 8.45. The van der Waals surface area contributed by atoms with Crippen LogP contribution in [0.4, 0.5) is 4.39 Å². The highest BCUT2D eigenvalue weighted by atomic mass is 32.2. The Balaban J connectivity index is 1.62. The Kier molecular flexibility index (Phi) is 5.57. The third-order valence-electron chi connectivity index (χ3n) is 4.42. The molecule has 0 saturated heterocycles. The first kappa shape index (κ1) is 19.1. The van der Waals surface area contributed by atoms with Gasteiger partial charge in [-0.05, 0) is 48.9 Å². The van der Waals surface area contributed by atoms with Crippen LogP contribution in [0.3, 0.4) is 0 Å². The van der Waals surface area contributed by atoms with E-state index in [2.05, 4.69) is 10.2 Å². The van der Waals surface area contributed by atoms with Gasteiger partial charge < -0.3 is 4.42 Å². The second-order valence-corrected chi connectivity index (χ2v) is 7.79. The number of furan rings is 1. The third kappa shape index (κ3) is 4.30. The Hall–Kier alpha value is -3.19. The minimum Gasteiger partial charge on any atom is -0.461 e. The maximum atomic E-state index is 13.1. The zero-order chi connectivity index (χ0) is 20.2. The van der Waals surface area contributed by atoms with E-state index in [9.17, 15) is 9.18 Å². The van der Waals surface area contributed by atoms with Crippen molar-refractivity contribution in [2.45, 2.75) is 23.9 Å². The number of carbonyl (C=O) groups excluding carboxylic acids is 1. The van der Waals surface area contributed by atoms with E-state index < -0.39 is 5.25 Å². The number of aromatic nitrogens is 3. The van der Waals surface area contributed by atoms with Crippen molar-refractivity contribution in [3.63, 3.8) is 0 Å². The molecule has 0 amide bonds. The topological polar surface area (TPSA) is 60.9 Å². The van der Waals surface area contributed by atoms with Crippen molar-refractivity contribution in [1.82, 2.24) is 14.8 Å². The quantitative estimate of drug-likeness (QED) is 0.315. The van der Waals surface area contributed by atoms with Gasteiger partial charge in [0.25, 0.3) is 0 Å². The number of hydrogen-bond donors (Lipinski definition) is 0. The lowest BCUT2D eigenvalue weighted by molar-refractivity contribution is 0.0994. The highest BCUT2D eigenvalue weighted by molar-refractivity contribution is 8.00. The van der Waals surface area contributed by atoms with Crippen LogP contribution in [-0.4, -0.2) is 25.8 Å². The summed E-state index contributed by atoms with van der Waals surface area (Å²) in [7, 11) is 0. The average Bonchev–Trinajstić information content (AvgIpc) is 3.39. The number of ketones is 1. The standard InChI is InChI=1S/C22H18FN3O2S/c1-15(20(27)17-9-11-18(23)12-10-17)29-22-25-24-21(19-8-5-13-28-19)26(22)14-16-6-3-2-4-7-16/h2-13,15H,14H2,1H3. The molecule has 0 spiro atoms. The van der Waals surface area contributed by atoms with E-state index in [4.69, 9.17) is 4.42 Å². The molecule has 0 saturated carbocycles. The smallest absolute Gasteiger partial charge is 0.200 e. The Morgan fingerprint density at radius 3 is 2.52 bits per heavy atom. The molecule has 29 heavy (non-hydrogen) atoms. The first-order valence-corrected chi connectivity index (χ1v) is 9.97. The van der Waals surface area contributed by atoms with E-state index in [1.807, 2.05) is 47.9 Å². The van der Waals surface area contributed by atoms with Crippen molar-refractivity contribution in [3.05, 3.63) is 89.9 Å². The van der Waals surface area contributed by atoms with E-state index in [0.29, 0.717) is 28.8 Å². The van der Waals surface area contributed by atoms with Crippen LogP contribution in [0.1, 0.15) is 22.8 Å². The zero-order valence-electron chi connectivity index (χ0n) is 15.7. The van der Waals surface area contributed by atoms with E-state index in [-0.39, 0.29) is 11.6 Å². The Labute approximate surface area is 171 Å². The summed E-state index contributed by atoms with van der Waals surface area (Å²) in [6.45, 7) is 2.36. The molecule has 2 aromatic carbocycles. The highest BCUT2D eigenvalue weighted by Gasteiger charge is 2.23. The largest absolute Gasteiger partial charge is 0.461 e. The van der Waals surface area contributed by atoms with Crippen LogP contribution in [0.2, 0.25) is 0 Å². The van der Waals surface area contributed by atoms with Gasteiger partial charge in [-0.25, -0.2) is 4.39 Å². The summed E-state index contributed by atoms with van der Waals surface area (Å²) < 4.78 is 20.6. The molecule has 0 aliphatic rings. The molecule has 0 radical (unpaired) electrons. The predicted octanol–water partition coefficient (Wildman–Crippen LogP) is 5.09. The second-order valence-electron chi connectivity index (χ2n) is 6.49. The number of halogens is 1. The third-order valence-corrected chi connectivity index (χ3v) is 5.50. The molecule has 0 aliphatic carbocycles. The molecule has 146 valence electrons. The van der Waals surface area contributed by atoms with Gasteiger partial charge >= 0.3 is 0 Å². The number of Topliss-reactive ketones (excluding diaryl/α,β-unsaturated/α-hetero) is 1. The van der Waals surface area contributed by atoms with E-state index >= 15 is 0 Å². The van der Waals surface area contributed by atoms with Crippen LogP contribution in [0.25, 0.3) is 11.6 Å². The normalized spacial score (nSPS) is 12.1. The maximum absolute atomic E-state index is 13.1. The van der Waals surface area contributed by atoms with Gasteiger partial charge in [0.05, 0.1) is 18.1 Å². The molecule has 0 bridgehead atoms. The van der Waals surface area contributed by atoms with E-state index in [1.165, 1.54) is 36.0 Å². The Morgan fingerprint density at radius 1 is 1.07 bits per heavy atom. The molecular weight excluding hydrogens is 389 g/mol. The lowest BCUT2D eigenvalue weighted by atomic mass is 10.1. The number of hydrogen-bond acceptors (Lipinski definition) is 5. The molecule has 0 aliphatic heterocycles. The number of thioether (sulfide) groups is 1. The molecule has 1 unspecified atom stereocenters. The molecule has 5 nitrogen and oxygen atoms in total. The van der Waals surface area contributed by atoms with Crippen molar-refractivity contribution in [2.75, 3.05) is 0 Å². The van der Waals surface area contributed by atoms with Crippen LogP contribution < -0.4 is 0 Å². The molecule has 2 heterocycles. The van der Waals surface area contributed by atoms with Crippen molar-refractivity contribution in [3.8, 4) is 11.6 Å². The lowest BCUT2D eigenvalue weighted by Gasteiger charge is -2.13. The minimum atomic E-state index is -0.413. The predicted molar refractivity (Wildman–Crippen MR) is 109 cm³/mol. The Bertz CT molecular complexity index is 1090. The van der Waals surface area contributed by atoms with Gasteiger partial charge in [0.1, 0.15) is 5.82 Å². The molecule has 4 rings (SSSR count). The van der Waals surface area contributed by atoms with Crippen molar-refractivity contribution in [1.29, 1.82) is 0 Å². The Morgan fingerprint density at radius 2 is 1.83 bits per heavy atom. The fourth-order valence-electron chi connectivity index (χ4n) is 2.93. The molecule has 4 aromatic rings. The highest BCUT2D eigenvalue weighted by Crippen LogP contribution is 2.29. The van der Waals surface area contributed by atoms with Gasteiger partial charge in [0.2, 0.25) is 5.82 Å². The molecule has 2 aromatic heterocycles.